The molecule has 2 aromatic rings. The second kappa shape index (κ2) is 5.82. The normalized spacial score (nSPS) is 12.9. The topological polar surface area (TPSA) is 26.0 Å². The molecule has 1 unspecified atom stereocenters. The molecule has 2 heterocycles. The van der Waals surface area contributed by atoms with E-state index in [1.807, 2.05) is 22.8 Å². The lowest BCUT2D eigenvalue weighted by molar-refractivity contribution is 0.622. The van der Waals surface area contributed by atoms with Gasteiger partial charge in [-0.05, 0) is 42.2 Å². The molecular weight excluding hydrogens is 258 g/mol. The van der Waals surface area contributed by atoms with Crippen LogP contribution in [0.15, 0.2) is 29.0 Å². The Morgan fingerprint density at radius 1 is 1.25 bits per heavy atom. The van der Waals surface area contributed by atoms with E-state index >= 15 is 0 Å². The molecule has 86 valence electrons. The predicted molar refractivity (Wildman–Crippen MR) is 73.5 cm³/mol. The Balaban J connectivity index is 1.80. The number of rotatable bonds is 5. The molecule has 0 amide bonds. The second-order valence-corrected chi connectivity index (χ2v) is 6.10. The molecule has 0 aliphatic heterocycles. The second-order valence-electron chi connectivity index (χ2n) is 3.71. The fourth-order valence-corrected chi connectivity index (χ4v) is 3.64. The van der Waals surface area contributed by atoms with Crippen LogP contribution in [0, 0.1) is 0 Å². The number of nitrogens with two attached hydrogens (primary N) is 1. The van der Waals surface area contributed by atoms with Crippen LogP contribution in [0.3, 0.4) is 0 Å². The first-order valence-corrected chi connectivity index (χ1v) is 7.42. The van der Waals surface area contributed by atoms with Crippen LogP contribution in [-0.2, 0) is 6.42 Å². The molecule has 2 rings (SSSR count). The molecule has 0 radical (unpaired) electrons. The number of hydrogen-bond acceptors (Lipinski definition) is 3. The van der Waals surface area contributed by atoms with E-state index in [4.69, 9.17) is 17.3 Å². The van der Waals surface area contributed by atoms with Gasteiger partial charge in [0.15, 0.2) is 0 Å². The molecule has 4 heteroatoms. The first-order chi connectivity index (χ1) is 7.77. The van der Waals surface area contributed by atoms with E-state index in [0.717, 1.165) is 29.2 Å². The van der Waals surface area contributed by atoms with Crippen molar-refractivity contribution in [3.8, 4) is 0 Å². The van der Waals surface area contributed by atoms with Crippen LogP contribution in [0.5, 0.6) is 0 Å². The van der Waals surface area contributed by atoms with Gasteiger partial charge in [0.1, 0.15) is 0 Å². The molecule has 0 spiro atoms. The predicted octanol–water partition coefficient (Wildman–Crippen LogP) is 4.49. The van der Waals surface area contributed by atoms with Gasteiger partial charge in [0, 0.05) is 15.8 Å². The van der Waals surface area contributed by atoms with E-state index in [9.17, 15) is 0 Å². The van der Waals surface area contributed by atoms with Gasteiger partial charge in [0.2, 0.25) is 0 Å². The molecule has 0 fully saturated rings. The summed E-state index contributed by atoms with van der Waals surface area (Å²) in [5, 5.41) is 4.93. The summed E-state index contributed by atoms with van der Waals surface area (Å²) in [6.45, 7) is 0. The van der Waals surface area contributed by atoms with Crippen molar-refractivity contribution in [3.63, 3.8) is 0 Å². The Hall–Kier alpha value is -0.350. The van der Waals surface area contributed by atoms with Gasteiger partial charge in [-0.25, -0.2) is 0 Å². The molecule has 0 bridgehead atoms. The Morgan fingerprint density at radius 2 is 2.12 bits per heavy atom. The van der Waals surface area contributed by atoms with Gasteiger partial charge < -0.3 is 5.73 Å². The van der Waals surface area contributed by atoms with E-state index in [1.165, 1.54) is 4.88 Å². The highest BCUT2D eigenvalue weighted by Crippen LogP contribution is 2.30. The maximum atomic E-state index is 6.11. The molecule has 1 nitrogen and oxygen atoms in total. The average molecular weight is 272 g/mol. The monoisotopic (exact) mass is 271 g/mol. The summed E-state index contributed by atoms with van der Waals surface area (Å²) in [4.78, 5) is 2.55. The van der Waals surface area contributed by atoms with Crippen molar-refractivity contribution in [3.05, 3.63) is 43.7 Å². The Bertz CT molecular complexity index is 422. The third-order valence-corrected chi connectivity index (χ3v) is 4.93. The van der Waals surface area contributed by atoms with Gasteiger partial charge in [-0.1, -0.05) is 17.7 Å². The SMILES string of the molecule is NC(CCCc1cccs1)c1sccc1Cl. The summed E-state index contributed by atoms with van der Waals surface area (Å²) in [6, 6.07) is 6.28. The van der Waals surface area contributed by atoms with E-state index < -0.39 is 0 Å². The molecule has 1 atom stereocenters. The Morgan fingerprint density at radius 3 is 2.75 bits per heavy atom. The molecule has 0 aliphatic rings. The van der Waals surface area contributed by atoms with Crippen molar-refractivity contribution in [2.75, 3.05) is 0 Å². The summed E-state index contributed by atoms with van der Waals surface area (Å²) >= 11 is 9.51. The van der Waals surface area contributed by atoms with E-state index in [0.29, 0.717) is 0 Å². The molecule has 0 aliphatic carbocycles. The van der Waals surface area contributed by atoms with Crippen LogP contribution in [0.1, 0.15) is 28.6 Å². The van der Waals surface area contributed by atoms with Crippen molar-refractivity contribution >= 4 is 34.3 Å². The Labute approximate surface area is 109 Å². The first kappa shape index (κ1) is 12.1. The van der Waals surface area contributed by atoms with E-state index in [1.54, 1.807) is 11.3 Å². The van der Waals surface area contributed by atoms with Crippen molar-refractivity contribution in [2.45, 2.75) is 25.3 Å². The minimum atomic E-state index is 0.0902. The molecule has 16 heavy (non-hydrogen) atoms. The van der Waals surface area contributed by atoms with Crippen LogP contribution in [0.25, 0.3) is 0 Å². The number of hydrogen-bond donors (Lipinski definition) is 1. The van der Waals surface area contributed by atoms with Crippen LogP contribution >= 0.6 is 34.3 Å². The molecule has 0 saturated heterocycles. The minimum absolute atomic E-state index is 0.0902. The quantitative estimate of drug-likeness (QED) is 0.852. The smallest absolute Gasteiger partial charge is 0.0561 e. The lowest BCUT2D eigenvalue weighted by Crippen LogP contribution is -2.09. The van der Waals surface area contributed by atoms with Crippen LogP contribution in [-0.4, -0.2) is 0 Å². The third kappa shape index (κ3) is 3.08. The standard InChI is InChI=1S/C12H14ClNS2/c13-10-6-8-16-12(10)11(14)5-1-3-9-4-2-7-15-9/h2,4,6-8,11H,1,3,5,14H2. The summed E-state index contributed by atoms with van der Waals surface area (Å²) in [5.74, 6) is 0. The van der Waals surface area contributed by atoms with E-state index in [2.05, 4.69) is 17.5 Å². The van der Waals surface area contributed by atoms with Gasteiger partial charge in [-0.2, -0.15) is 0 Å². The highest BCUT2D eigenvalue weighted by molar-refractivity contribution is 7.10. The highest BCUT2D eigenvalue weighted by atomic mass is 35.5. The lowest BCUT2D eigenvalue weighted by Gasteiger charge is -2.09. The fourth-order valence-electron chi connectivity index (χ4n) is 1.65. The largest absolute Gasteiger partial charge is 0.323 e. The number of aryl methyl sites for hydroxylation is 1. The molecule has 2 N–H and O–H groups in total. The van der Waals surface area contributed by atoms with Gasteiger partial charge in [0.05, 0.1) is 5.02 Å². The summed E-state index contributed by atoms with van der Waals surface area (Å²) in [6.07, 6.45) is 3.24. The minimum Gasteiger partial charge on any atom is -0.323 e. The Kier molecular flexibility index (Phi) is 4.41. The maximum Gasteiger partial charge on any atom is 0.0561 e. The maximum absolute atomic E-state index is 6.11. The van der Waals surface area contributed by atoms with Crippen molar-refractivity contribution in [2.24, 2.45) is 5.73 Å². The molecular formula is C12H14ClNS2. The van der Waals surface area contributed by atoms with Gasteiger partial charge in [0.25, 0.3) is 0 Å². The van der Waals surface area contributed by atoms with Crippen LogP contribution in [0.2, 0.25) is 5.02 Å². The molecule has 2 aromatic heterocycles. The zero-order chi connectivity index (χ0) is 11.4. The zero-order valence-corrected chi connectivity index (χ0v) is 11.2. The van der Waals surface area contributed by atoms with Crippen LogP contribution in [0.4, 0.5) is 0 Å². The first-order valence-electron chi connectivity index (χ1n) is 5.28. The van der Waals surface area contributed by atoms with Crippen molar-refractivity contribution < 1.29 is 0 Å². The van der Waals surface area contributed by atoms with Gasteiger partial charge in [-0.15, -0.1) is 22.7 Å². The average Bonchev–Trinajstić information content (AvgIpc) is 2.88. The molecule has 0 aromatic carbocycles. The summed E-state index contributed by atoms with van der Waals surface area (Å²) in [5.41, 5.74) is 6.11. The van der Waals surface area contributed by atoms with E-state index in [-0.39, 0.29) is 6.04 Å². The highest BCUT2D eigenvalue weighted by Gasteiger charge is 2.11. The third-order valence-electron chi connectivity index (χ3n) is 2.50. The summed E-state index contributed by atoms with van der Waals surface area (Å²) in [7, 11) is 0. The van der Waals surface area contributed by atoms with Crippen molar-refractivity contribution in [1.29, 1.82) is 0 Å². The van der Waals surface area contributed by atoms with Crippen LogP contribution < -0.4 is 5.73 Å². The number of thiophene rings is 2. The zero-order valence-electron chi connectivity index (χ0n) is 8.86. The molecule has 0 saturated carbocycles. The number of halogens is 1. The van der Waals surface area contributed by atoms with Gasteiger partial charge in [-0.3, -0.25) is 0 Å². The fraction of sp³-hybridized carbons (Fsp3) is 0.333. The lowest BCUT2D eigenvalue weighted by atomic mass is 10.1. The summed E-state index contributed by atoms with van der Waals surface area (Å²) < 4.78 is 0. The van der Waals surface area contributed by atoms with Crippen molar-refractivity contribution in [1.82, 2.24) is 0 Å². The van der Waals surface area contributed by atoms with Gasteiger partial charge >= 0.3 is 0 Å².